The molecule has 1 amide bonds. The van der Waals surface area contributed by atoms with Gasteiger partial charge in [0.1, 0.15) is 6.04 Å². The molecule has 122 valence electrons. The van der Waals surface area contributed by atoms with Crippen molar-refractivity contribution in [1.29, 1.82) is 5.39 Å². The number of amides is 1. The number of rotatable bonds is 3. The van der Waals surface area contributed by atoms with Gasteiger partial charge in [-0.15, -0.1) is 11.3 Å². The Morgan fingerprint density at radius 1 is 1.38 bits per heavy atom. The zero-order chi connectivity index (χ0) is 17.3. The average Bonchev–Trinajstić information content (AvgIpc) is 3.17. The molecule has 3 rings (SSSR count). The monoisotopic (exact) mass is 380 g/mol. The van der Waals surface area contributed by atoms with E-state index in [1.165, 1.54) is 16.2 Å². The van der Waals surface area contributed by atoms with Crippen LogP contribution in [0.3, 0.4) is 0 Å². The summed E-state index contributed by atoms with van der Waals surface area (Å²) < 4.78 is 0. The number of thiophene rings is 1. The first-order valence-electron chi connectivity index (χ1n) is 7.06. The van der Waals surface area contributed by atoms with Crippen molar-refractivity contribution in [3.8, 4) is 0 Å². The average molecular weight is 381 g/mol. The van der Waals surface area contributed by atoms with Gasteiger partial charge in [-0.3, -0.25) is 4.79 Å². The molecule has 0 radical (unpaired) electrons. The highest BCUT2D eigenvalue weighted by atomic mass is 35.5. The fraction of sp³-hybridized carbons (Fsp3) is 0.188. The van der Waals surface area contributed by atoms with Crippen molar-refractivity contribution in [3.63, 3.8) is 0 Å². The van der Waals surface area contributed by atoms with E-state index in [-0.39, 0.29) is 24.0 Å². The summed E-state index contributed by atoms with van der Waals surface area (Å²) in [5.74, 6) is -0.604. The summed E-state index contributed by atoms with van der Waals surface area (Å²) in [7, 11) is 0. The van der Waals surface area contributed by atoms with Crippen molar-refractivity contribution in [1.82, 2.24) is 0 Å². The molecule has 1 aromatic heterocycles. The molecule has 2 aromatic rings. The molecule has 0 bridgehead atoms. The Balaban J connectivity index is 2.09. The lowest BCUT2D eigenvalue weighted by molar-refractivity contribution is -0.117. The Hall–Kier alpha value is -2.07. The lowest BCUT2D eigenvalue weighted by Gasteiger charge is -2.26. The fourth-order valence-corrected chi connectivity index (χ4v) is 4.06. The molecule has 1 aliphatic rings. The Morgan fingerprint density at radius 2 is 2.17 bits per heavy atom. The van der Waals surface area contributed by atoms with Gasteiger partial charge in [-0.25, -0.2) is 0 Å². The minimum atomic E-state index is -0.677. The summed E-state index contributed by atoms with van der Waals surface area (Å²) in [6.07, 6.45) is 1.17. The third kappa shape index (κ3) is 2.98. The maximum Gasteiger partial charge on any atom is 0.389 e. The van der Waals surface area contributed by atoms with Gasteiger partial charge in [0, 0.05) is 22.9 Å². The number of diazo groups is 1. The smallest absolute Gasteiger partial charge is 0.389 e. The summed E-state index contributed by atoms with van der Waals surface area (Å²) in [5.41, 5.74) is 0.524. The summed E-state index contributed by atoms with van der Waals surface area (Å²) in [5, 5.41) is 21.7. The van der Waals surface area contributed by atoms with Crippen LogP contribution >= 0.6 is 34.5 Å². The number of aliphatic hydroxyl groups excluding tert-OH is 1. The van der Waals surface area contributed by atoms with Gasteiger partial charge in [0.05, 0.1) is 10.0 Å². The minimum absolute atomic E-state index is 0.158. The Kier molecular flexibility index (Phi) is 4.76. The minimum Gasteiger partial charge on any atom is -0.504 e. The maximum atomic E-state index is 12.6. The van der Waals surface area contributed by atoms with E-state index < -0.39 is 6.04 Å². The molecule has 1 saturated heterocycles. The normalized spacial score (nSPS) is 21.1. The number of aliphatic hydroxyl groups is 1. The Labute approximate surface area is 152 Å². The lowest BCUT2D eigenvalue weighted by atomic mass is 9.97. The van der Waals surface area contributed by atoms with Gasteiger partial charge < -0.3 is 10.0 Å². The molecule has 2 atom stereocenters. The van der Waals surface area contributed by atoms with Crippen molar-refractivity contribution < 1.29 is 9.90 Å². The second-order valence-electron chi connectivity index (χ2n) is 5.30. The van der Waals surface area contributed by atoms with E-state index in [0.717, 1.165) is 11.1 Å². The SMILES string of the molecule is N#[N+]/C=C(\O)[C@H]1[C@H](c2cccs2)CC(=O)N1c1ccc(Cl)c(Cl)c1. The highest BCUT2D eigenvalue weighted by Crippen LogP contribution is 2.42. The van der Waals surface area contributed by atoms with Crippen LogP contribution < -0.4 is 4.90 Å². The van der Waals surface area contributed by atoms with Crippen LogP contribution in [0.25, 0.3) is 4.98 Å². The number of carbonyl (C=O) groups is 1. The van der Waals surface area contributed by atoms with Crippen molar-refractivity contribution in [2.75, 3.05) is 4.90 Å². The van der Waals surface area contributed by atoms with Crippen molar-refractivity contribution >= 4 is 46.1 Å². The molecular formula is C16H12Cl2N3O2S+. The third-order valence-corrected chi connectivity index (χ3v) is 5.65. The molecule has 2 heterocycles. The molecule has 0 aliphatic carbocycles. The van der Waals surface area contributed by atoms with Crippen LogP contribution in [0.1, 0.15) is 17.2 Å². The van der Waals surface area contributed by atoms with Gasteiger partial charge in [-0.05, 0) is 29.6 Å². The molecule has 8 heteroatoms. The molecular weight excluding hydrogens is 369 g/mol. The third-order valence-electron chi connectivity index (χ3n) is 3.91. The highest BCUT2D eigenvalue weighted by Gasteiger charge is 2.45. The fourth-order valence-electron chi connectivity index (χ4n) is 2.91. The molecule has 1 fully saturated rings. The van der Waals surface area contributed by atoms with E-state index in [9.17, 15) is 9.90 Å². The second kappa shape index (κ2) is 6.81. The van der Waals surface area contributed by atoms with Gasteiger partial charge in [0.25, 0.3) is 0 Å². The van der Waals surface area contributed by atoms with Gasteiger partial charge in [0.2, 0.25) is 17.1 Å². The maximum absolute atomic E-state index is 12.6. The topological polar surface area (TPSA) is 68.7 Å². The van der Waals surface area contributed by atoms with Crippen LogP contribution in [0.5, 0.6) is 0 Å². The zero-order valence-corrected chi connectivity index (χ0v) is 14.6. The van der Waals surface area contributed by atoms with E-state index in [4.69, 9.17) is 28.6 Å². The Bertz CT molecular complexity index is 846. The van der Waals surface area contributed by atoms with Crippen molar-refractivity contribution in [3.05, 3.63) is 67.6 Å². The largest absolute Gasteiger partial charge is 0.504 e. The van der Waals surface area contributed by atoms with E-state index in [1.807, 2.05) is 17.5 Å². The summed E-state index contributed by atoms with van der Waals surface area (Å²) in [6, 6.07) is 7.97. The first-order chi connectivity index (χ1) is 11.5. The van der Waals surface area contributed by atoms with Crippen LogP contribution in [0.2, 0.25) is 10.0 Å². The molecule has 5 nitrogen and oxygen atoms in total. The Morgan fingerprint density at radius 3 is 2.79 bits per heavy atom. The molecule has 24 heavy (non-hydrogen) atoms. The quantitative estimate of drug-likeness (QED) is 0.587. The zero-order valence-electron chi connectivity index (χ0n) is 12.3. The second-order valence-corrected chi connectivity index (χ2v) is 7.10. The predicted octanol–water partition coefficient (Wildman–Crippen LogP) is 5.20. The first-order valence-corrected chi connectivity index (χ1v) is 8.70. The van der Waals surface area contributed by atoms with E-state index >= 15 is 0 Å². The molecule has 1 aromatic carbocycles. The molecule has 0 unspecified atom stereocenters. The molecule has 1 N–H and O–H groups in total. The summed E-state index contributed by atoms with van der Waals surface area (Å²) in [6.45, 7) is 0. The van der Waals surface area contributed by atoms with Crippen LogP contribution in [0.4, 0.5) is 5.69 Å². The number of benzene rings is 1. The predicted molar refractivity (Wildman–Crippen MR) is 95.2 cm³/mol. The van der Waals surface area contributed by atoms with E-state index in [1.54, 1.807) is 18.2 Å². The number of hydrogen-bond acceptors (Lipinski definition) is 4. The van der Waals surface area contributed by atoms with E-state index in [2.05, 4.69) is 4.98 Å². The number of hydrogen-bond donors (Lipinski definition) is 1. The standard InChI is InChI=1S/C16H11Cl2N3O2S/c17-11-4-3-9(6-12(11)18)21-15(23)7-10(14-2-1-5-24-14)16(21)13(22)8-20-19/h1-6,8,10,16H,7H2/p+1/b13-8-/t10-,16+/m0/s1. The highest BCUT2D eigenvalue weighted by molar-refractivity contribution is 7.10. The van der Waals surface area contributed by atoms with Gasteiger partial charge in [-0.1, -0.05) is 29.3 Å². The first kappa shape index (κ1) is 16.8. The molecule has 0 saturated carbocycles. The number of halogens is 2. The lowest BCUT2D eigenvalue weighted by Crippen LogP contribution is -2.36. The summed E-state index contributed by atoms with van der Waals surface area (Å²) >= 11 is 13.5. The molecule has 1 aliphatic heterocycles. The van der Waals surface area contributed by atoms with E-state index in [0.29, 0.717) is 15.7 Å². The van der Waals surface area contributed by atoms with Gasteiger partial charge >= 0.3 is 6.20 Å². The van der Waals surface area contributed by atoms with Crippen LogP contribution in [0.15, 0.2) is 47.7 Å². The molecule has 0 spiro atoms. The van der Waals surface area contributed by atoms with Crippen LogP contribution in [-0.4, -0.2) is 17.1 Å². The number of anilines is 1. The van der Waals surface area contributed by atoms with Gasteiger partial charge in [0.15, 0.2) is 4.98 Å². The summed E-state index contributed by atoms with van der Waals surface area (Å²) in [4.78, 5) is 17.9. The van der Waals surface area contributed by atoms with Crippen LogP contribution in [-0.2, 0) is 4.79 Å². The van der Waals surface area contributed by atoms with Crippen LogP contribution in [0, 0.1) is 5.39 Å². The van der Waals surface area contributed by atoms with Crippen molar-refractivity contribution in [2.24, 2.45) is 0 Å². The van der Waals surface area contributed by atoms with Gasteiger partial charge in [-0.2, -0.15) is 0 Å². The number of carbonyl (C=O) groups excluding carboxylic acids is 1. The van der Waals surface area contributed by atoms with Crippen molar-refractivity contribution in [2.45, 2.75) is 18.4 Å². The number of nitrogens with zero attached hydrogens (tertiary/aromatic N) is 3.